The third-order valence-electron chi connectivity index (χ3n) is 4.20. The summed E-state index contributed by atoms with van der Waals surface area (Å²) >= 11 is 0. The molecule has 0 unspecified atom stereocenters. The van der Waals surface area contributed by atoms with Gasteiger partial charge in [0, 0.05) is 6.20 Å². The second-order valence-corrected chi connectivity index (χ2v) is 5.75. The van der Waals surface area contributed by atoms with Crippen molar-refractivity contribution in [3.8, 4) is 5.69 Å². The van der Waals surface area contributed by atoms with Gasteiger partial charge in [-0.3, -0.25) is 19.3 Å². The lowest BCUT2D eigenvalue weighted by Gasteiger charge is -2.12. The minimum Gasteiger partial charge on any atom is -0.273 e. The number of aromatic nitrogens is 3. The highest BCUT2D eigenvalue weighted by molar-refractivity contribution is 5.80. The summed E-state index contributed by atoms with van der Waals surface area (Å²) in [4.78, 5) is 31.1. The van der Waals surface area contributed by atoms with Crippen LogP contribution in [0.4, 0.5) is 0 Å². The molecule has 2 aromatic heterocycles. The van der Waals surface area contributed by atoms with Gasteiger partial charge in [-0.25, -0.2) is 4.79 Å². The second-order valence-electron chi connectivity index (χ2n) is 5.75. The molecule has 3 aromatic rings. The minimum absolute atomic E-state index is 0.347. The Balaban J connectivity index is 2.12. The van der Waals surface area contributed by atoms with Crippen LogP contribution in [0, 0.1) is 6.92 Å². The normalized spacial score (nSPS) is 14.4. The van der Waals surface area contributed by atoms with Crippen molar-refractivity contribution >= 4 is 10.9 Å². The molecule has 1 fully saturated rings. The summed E-state index contributed by atoms with van der Waals surface area (Å²) in [6, 6.07) is 9.39. The number of aryl methyl sites for hydroxylation is 1. The molecule has 1 aliphatic rings. The van der Waals surface area contributed by atoms with Crippen molar-refractivity contribution in [3.05, 3.63) is 68.6 Å². The monoisotopic (exact) mass is 293 g/mol. The van der Waals surface area contributed by atoms with Crippen LogP contribution < -0.4 is 11.2 Å². The van der Waals surface area contributed by atoms with Gasteiger partial charge in [0.2, 0.25) is 0 Å². The second kappa shape index (κ2) is 4.66. The largest absolute Gasteiger partial charge is 0.333 e. The highest BCUT2D eigenvalue weighted by Crippen LogP contribution is 2.40. The van der Waals surface area contributed by atoms with Crippen LogP contribution in [0.1, 0.15) is 30.0 Å². The number of pyridine rings is 1. The zero-order valence-electron chi connectivity index (χ0n) is 12.2. The summed E-state index contributed by atoms with van der Waals surface area (Å²) < 4.78 is 1.55. The predicted octanol–water partition coefficient (Wildman–Crippen LogP) is 2.26. The molecule has 1 N–H and O–H groups in total. The van der Waals surface area contributed by atoms with Crippen LogP contribution in [0.25, 0.3) is 16.6 Å². The lowest BCUT2D eigenvalue weighted by Crippen LogP contribution is -2.29. The molecule has 4 rings (SSSR count). The van der Waals surface area contributed by atoms with Gasteiger partial charge in [0.05, 0.1) is 22.3 Å². The van der Waals surface area contributed by atoms with E-state index >= 15 is 0 Å². The first kappa shape index (κ1) is 13.0. The Labute approximate surface area is 126 Å². The number of fused-ring (bicyclic) bond motifs is 1. The molecule has 0 amide bonds. The van der Waals surface area contributed by atoms with E-state index in [0.717, 1.165) is 5.69 Å². The number of hydrogen-bond acceptors (Lipinski definition) is 3. The summed E-state index contributed by atoms with van der Waals surface area (Å²) in [6.07, 6.45) is 4.03. The first-order chi connectivity index (χ1) is 10.6. The molecule has 1 aliphatic carbocycles. The van der Waals surface area contributed by atoms with E-state index in [4.69, 9.17) is 0 Å². The quantitative estimate of drug-likeness (QED) is 0.788. The molecule has 0 spiro atoms. The number of benzene rings is 1. The van der Waals surface area contributed by atoms with Crippen LogP contribution in [0.15, 0.2) is 46.1 Å². The maximum absolute atomic E-state index is 12.4. The molecule has 5 nitrogen and oxygen atoms in total. The molecule has 110 valence electrons. The number of nitrogens with zero attached hydrogens (tertiary/aromatic N) is 2. The van der Waals surface area contributed by atoms with Crippen molar-refractivity contribution in [2.75, 3.05) is 0 Å². The van der Waals surface area contributed by atoms with Gasteiger partial charge >= 0.3 is 5.69 Å². The first-order valence-electron chi connectivity index (χ1n) is 7.36. The fraction of sp³-hybridized carbons (Fsp3) is 0.235. The Kier molecular flexibility index (Phi) is 2.76. The Hall–Kier alpha value is -2.69. The van der Waals surface area contributed by atoms with E-state index in [1.54, 1.807) is 16.8 Å². The van der Waals surface area contributed by atoms with Crippen molar-refractivity contribution in [2.45, 2.75) is 25.7 Å². The topological polar surface area (TPSA) is 67.8 Å². The lowest BCUT2D eigenvalue weighted by atomic mass is 10.1. The fourth-order valence-electron chi connectivity index (χ4n) is 2.88. The zero-order valence-corrected chi connectivity index (χ0v) is 12.2. The maximum atomic E-state index is 12.4. The van der Waals surface area contributed by atoms with E-state index < -0.39 is 5.69 Å². The molecule has 0 atom stereocenters. The molecule has 22 heavy (non-hydrogen) atoms. The smallest absolute Gasteiger partial charge is 0.273 e. The maximum Gasteiger partial charge on any atom is 0.333 e. The molecule has 1 aromatic carbocycles. The highest BCUT2D eigenvalue weighted by atomic mass is 16.2. The van der Waals surface area contributed by atoms with Crippen molar-refractivity contribution in [2.24, 2.45) is 0 Å². The Bertz CT molecular complexity index is 997. The number of aromatic amines is 1. The van der Waals surface area contributed by atoms with E-state index in [2.05, 4.69) is 9.97 Å². The van der Waals surface area contributed by atoms with E-state index in [1.807, 2.05) is 31.2 Å². The molecule has 0 bridgehead atoms. The highest BCUT2D eigenvalue weighted by Gasteiger charge is 2.24. The Morgan fingerprint density at radius 1 is 1.23 bits per heavy atom. The van der Waals surface area contributed by atoms with E-state index in [9.17, 15) is 9.59 Å². The number of hydrogen-bond donors (Lipinski definition) is 1. The summed E-state index contributed by atoms with van der Waals surface area (Å²) in [5.41, 5.74) is 2.50. The number of H-pyrrole nitrogens is 1. The van der Waals surface area contributed by atoms with Gasteiger partial charge in [-0.15, -0.1) is 0 Å². The van der Waals surface area contributed by atoms with Crippen LogP contribution in [0.3, 0.4) is 0 Å². The van der Waals surface area contributed by atoms with Crippen LogP contribution in [0.5, 0.6) is 0 Å². The molecule has 2 heterocycles. The molecular weight excluding hydrogens is 278 g/mol. The number of rotatable bonds is 2. The molecular formula is C17H15N3O2. The number of nitrogens with one attached hydrogen (secondary N) is 1. The van der Waals surface area contributed by atoms with Gasteiger partial charge in [-0.1, -0.05) is 6.07 Å². The van der Waals surface area contributed by atoms with Gasteiger partial charge < -0.3 is 0 Å². The lowest BCUT2D eigenvalue weighted by molar-refractivity contribution is 0.920. The summed E-state index contributed by atoms with van der Waals surface area (Å²) in [5.74, 6) is 0.558. The van der Waals surface area contributed by atoms with Gasteiger partial charge in [0.15, 0.2) is 0 Å². The molecule has 0 saturated heterocycles. The van der Waals surface area contributed by atoms with E-state index in [0.29, 0.717) is 22.5 Å². The predicted molar refractivity (Wildman–Crippen MR) is 84.7 cm³/mol. The van der Waals surface area contributed by atoms with Crippen LogP contribution >= 0.6 is 0 Å². The van der Waals surface area contributed by atoms with Crippen LogP contribution in [-0.2, 0) is 0 Å². The third kappa shape index (κ3) is 1.97. The first-order valence-corrected chi connectivity index (χ1v) is 7.36. The average Bonchev–Trinajstić information content (AvgIpc) is 3.33. The van der Waals surface area contributed by atoms with Crippen LogP contribution in [-0.4, -0.2) is 14.5 Å². The van der Waals surface area contributed by atoms with Gasteiger partial charge in [-0.2, -0.15) is 0 Å². The van der Waals surface area contributed by atoms with Crippen molar-refractivity contribution in [1.82, 2.24) is 14.5 Å². The Morgan fingerprint density at radius 2 is 2.05 bits per heavy atom. The van der Waals surface area contributed by atoms with Crippen molar-refractivity contribution in [3.63, 3.8) is 0 Å². The third-order valence-corrected chi connectivity index (χ3v) is 4.20. The molecule has 5 heteroatoms. The Morgan fingerprint density at radius 3 is 2.77 bits per heavy atom. The van der Waals surface area contributed by atoms with Crippen LogP contribution in [0.2, 0.25) is 0 Å². The average molecular weight is 293 g/mol. The summed E-state index contributed by atoms with van der Waals surface area (Å²) in [6.45, 7) is 1.85. The van der Waals surface area contributed by atoms with Gasteiger partial charge in [0.25, 0.3) is 5.56 Å². The minimum atomic E-state index is -0.429. The van der Waals surface area contributed by atoms with E-state index in [-0.39, 0.29) is 5.56 Å². The van der Waals surface area contributed by atoms with Crippen molar-refractivity contribution < 1.29 is 0 Å². The SMILES string of the molecule is Cc1ncccc1-n1c(=O)[nH]c(=O)c2ccc(C3CC3)cc21. The summed E-state index contributed by atoms with van der Waals surface area (Å²) in [7, 11) is 0. The van der Waals surface area contributed by atoms with Gasteiger partial charge in [-0.05, 0) is 55.5 Å². The molecule has 1 saturated carbocycles. The van der Waals surface area contributed by atoms with Gasteiger partial charge in [0.1, 0.15) is 0 Å². The molecule has 0 aliphatic heterocycles. The standard InChI is InChI=1S/C17H15N3O2/c1-10-14(3-2-8-18-10)20-15-9-12(11-4-5-11)6-7-13(15)16(21)19-17(20)22/h2-3,6-9,11H,4-5H2,1H3,(H,19,21,22). The fourth-order valence-corrected chi connectivity index (χ4v) is 2.88. The zero-order chi connectivity index (χ0) is 15.3. The van der Waals surface area contributed by atoms with Crippen molar-refractivity contribution in [1.29, 1.82) is 0 Å². The van der Waals surface area contributed by atoms with E-state index in [1.165, 1.54) is 18.4 Å². The molecule has 0 radical (unpaired) electrons. The summed E-state index contributed by atoms with van der Waals surface area (Å²) in [5, 5.41) is 0.521.